The Hall–Kier alpha value is -1.59. The summed E-state index contributed by atoms with van der Waals surface area (Å²) in [5.41, 5.74) is 3.82. The molecule has 1 N–H and O–H groups in total. The summed E-state index contributed by atoms with van der Waals surface area (Å²) in [6.45, 7) is 6.53. The average Bonchev–Trinajstić information content (AvgIpc) is 3.27. The molecule has 128 valence electrons. The van der Waals surface area contributed by atoms with E-state index in [0.29, 0.717) is 5.92 Å². The summed E-state index contributed by atoms with van der Waals surface area (Å²) in [7, 11) is 2.20. The molecule has 0 spiro atoms. The predicted octanol–water partition coefficient (Wildman–Crippen LogP) is 3.53. The van der Waals surface area contributed by atoms with Gasteiger partial charge in [-0.15, -0.1) is 11.3 Å². The highest BCUT2D eigenvalue weighted by molar-refractivity contribution is 7.16. The summed E-state index contributed by atoms with van der Waals surface area (Å²) in [4.78, 5) is 11.4. The smallest absolute Gasteiger partial charge is 0.139 e. The Bertz CT molecular complexity index is 770. The Labute approximate surface area is 149 Å². The SMILES string of the molecule is Cc1cc2c(s1)NC1=C(C=CCC3CC13)N=C2N1CCN(C)CC1.[HH]. The number of allylic oxidation sites excluding steroid dienone is 3. The van der Waals surface area contributed by atoms with Gasteiger partial charge >= 0.3 is 0 Å². The van der Waals surface area contributed by atoms with Crippen molar-refractivity contribution in [3.05, 3.63) is 40.1 Å². The molecule has 0 bridgehead atoms. The summed E-state index contributed by atoms with van der Waals surface area (Å²) < 4.78 is 0. The molecule has 0 aromatic carbocycles. The average molecular weight is 343 g/mol. The molecule has 0 amide bonds. The number of piperazine rings is 1. The molecule has 1 aromatic heterocycles. The third-order valence-electron chi connectivity index (χ3n) is 5.66. The highest BCUT2D eigenvalue weighted by Crippen LogP contribution is 2.51. The van der Waals surface area contributed by atoms with Gasteiger partial charge < -0.3 is 15.1 Å². The Balaban J connectivity index is 0.00000157. The highest BCUT2D eigenvalue weighted by Gasteiger charge is 2.42. The number of fused-ring (bicyclic) bond motifs is 3. The van der Waals surface area contributed by atoms with Crippen molar-refractivity contribution in [3.63, 3.8) is 0 Å². The predicted molar refractivity (Wildman–Crippen MR) is 103 cm³/mol. The molecule has 4 nitrogen and oxygen atoms in total. The molecule has 5 heteroatoms. The van der Waals surface area contributed by atoms with Crippen molar-refractivity contribution in [2.45, 2.75) is 19.8 Å². The topological polar surface area (TPSA) is 30.9 Å². The second-order valence-electron chi connectivity index (χ2n) is 7.49. The van der Waals surface area contributed by atoms with E-state index in [-0.39, 0.29) is 1.43 Å². The molecule has 24 heavy (non-hydrogen) atoms. The quantitative estimate of drug-likeness (QED) is 0.782. The summed E-state index contributed by atoms with van der Waals surface area (Å²) in [5, 5.41) is 5.07. The van der Waals surface area contributed by atoms with E-state index in [1.54, 1.807) is 0 Å². The first kappa shape index (κ1) is 14.7. The van der Waals surface area contributed by atoms with Crippen LogP contribution in [0, 0.1) is 18.8 Å². The van der Waals surface area contributed by atoms with Crippen LogP contribution in [0.15, 0.2) is 34.6 Å². The van der Waals surface area contributed by atoms with Gasteiger partial charge in [-0.05, 0) is 44.9 Å². The maximum atomic E-state index is 5.20. The molecule has 3 heterocycles. The van der Waals surface area contributed by atoms with Gasteiger partial charge in [0, 0.05) is 44.1 Å². The van der Waals surface area contributed by atoms with E-state index in [1.165, 1.54) is 39.8 Å². The number of amidine groups is 1. The van der Waals surface area contributed by atoms with Crippen molar-refractivity contribution in [1.82, 2.24) is 9.80 Å². The molecule has 2 atom stereocenters. The lowest BCUT2D eigenvalue weighted by atomic mass is 10.2. The molecule has 2 unspecified atom stereocenters. The Morgan fingerprint density at radius 3 is 2.96 bits per heavy atom. The first-order valence-electron chi connectivity index (χ1n) is 9.00. The van der Waals surface area contributed by atoms with Crippen LogP contribution in [0.2, 0.25) is 0 Å². The number of anilines is 1. The Morgan fingerprint density at radius 1 is 1.29 bits per heavy atom. The van der Waals surface area contributed by atoms with E-state index in [9.17, 15) is 0 Å². The molecular formula is C19H26N4S. The van der Waals surface area contributed by atoms with Crippen molar-refractivity contribution < 1.29 is 1.43 Å². The van der Waals surface area contributed by atoms with Gasteiger partial charge in [-0.2, -0.15) is 0 Å². The minimum Gasteiger partial charge on any atom is -0.353 e. The van der Waals surface area contributed by atoms with Crippen LogP contribution in [0.4, 0.5) is 5.00 Å². The number of thiophene rings is 1. The fourth-order valence-electron chi connectivity index (χ4n) is 4.08. The lowest BCUT2D eigenvalue weighted by Crippen LogP contribution is -2.47. The van der Waals surface area contributed by atoms with Crippen molar-refractivity contribution in [2.24, 2.45) is 16.8 Å². The van der Waals surface area contributed by atoms with Gasteiger partial charge in [0.1, 0.15) is 10.8 Å². The van der Waals surface area contributed by atoms with Crippen LogP contribution in [0.1, 0.15) is 24.7 Å². The van der Waals surface area contributed by atoms with E-state index in [2.05, 4.69) is 47.3 Å². The molecule has 1 saturated carbocycles. The molecule has 1 saturated heterocycles. The fourth-order valence-corrected chi connectivity index (χ4v) is 5.00. The van der Waals surface area contributed by atoms with Gasteiger partial charge in [0.25, 0.3) is 0 Å². The monoisotopic (exact) mass is 342 g/mol. The van der Waals surface area contributed by atoms with Gasteiger partial charge in [-0.3, -0.25) is 0 Å². The van der Waals surface area contributed by atoms with Crippen molar-refractivity contribution in [1.29, 1.82) is 0 Å². The summed E-state index contributed by atoms with van der Waals surface area (Å²) in [5.74, 6) is 2.68. The van der Waals surface area contributed by atoms with E-state index in [4.69, 9.17) is 4.99 Å². The second-order valence-corrected chi connectivity index (χ2v) is 8.75. The van der Waals surface area contributed by atoms with Crippen LogP contribution >= 0.6 is 11.3 Å². The maximum Gasteiger partial charge on any atom is 0.139 e. The van der Waals surface area contributed by atoms with Gasteiger partial charge in [-0.1, -0.05) is 6.08 Å². The lowest BCUT2D eigenvalue weighted by molar-refractivity contribution is 0.216. The standard InChI is InChI=1S/C19H24N4S.H2/c1-12-10-15-18(23-8-6-22(2)7-9-23)20-16-5-3-4-13-11-14(13)17(16)21-19(15)24-12;/h3,5,10,13-14,21H,4,6-9,11H2,1-2H3;1H. The van der Waals surface area contributed by atoms with Crippen molar-refractivity contribution >= 4 is 22.2 Å². The zero-order valence-corrected chi connectivity index (χ0v) is 15.2. The molecule has 2 fully saturated rings. The van der Waals surface area contributed by atoms with Crippen LogP contribution in [0.5, 0.6) is 0 Å². The molecule has 1 aromatic rings. The van der Waals surface area contributed by atoms with Crippen LogP contribution in [-0.4, -0.2) is 48.9 Å². The number of nitrogens with one attached hydrogen (secondary N) is 1. The normalized spacial score (nSPS) is 29.1. The van der Waals surface area contributed by atoms with Crippen molar-refractivity contribution in [3.8, 4) is 0 Å². The van der Waals surface area contributed by atoms with E-state index < -0.39 is 0 Å². The molecule has 2 aliphatic carbocycles. The van der Waals surface area contributed by atoms with Gasteiger partial charge in [0.2, 0.25) is 0 Å². The summed E-state index contributed by atoms with van der Waals surface area (Å²) >= 11 is 1.87. The third-order valence-corrected chi connectivity index (χ3v) is 6.62. The minimum atomic E-state index is 0. The number of aryl methyl sites for hydroxylation is 1. The number of hydrogen-bond acceptors (Lipinski definition) is 5. The van der Waals surface area contributed by atoms with Crippen LogP contribution in [0.25, 0.3) is 0 Å². The summed E-state index contributed by atoms with van der Waals surface area (Å²) in [6, 6.07) is 2.31. The third kappa shape index (κ3) is 2.42. The molecular weight excluding hydrogens is 316 g/mol. The van der Waals surface area contributed by atoms with Crippen LogP contribution in [0.3, 0.4) is 0 Å². The number of nitrogens with zero attached hydrogens (tertiary/aromatic N) is 3. The fraction of sp³-hybridized carbons (Fsp3) is 0.526. The zero-order valence-electron chi connectivity index (χ0n) is 14.4. The first-order chi connectivity index (χ1) is 11.7. The van der Waals surface area contributed by atoms with E-state index in [1.807, 2.05) is 11.3 Å². The molecule has 5 rings (SSSR count). The zero-order chi connectivity index (χ0) is 16.3. The summed E-state index contributed by atoms with van der Waals surface area (Å²) in [6.07, 6.45) is 7.09. The highest BCUT2D eigenvalue weighted by atomic mass is 32.1. The number of aliphatic imine (C=N–C) groups is 1. The number of rotatable bonds is 0. The number of likely N-dealkylation sites (N-methyl/N-ethyl adjacent to an activating group) is 1. The van der Waals surface area contributed by atoms with Gasteiger partial charge in [0.05, 0.1) is 11.3 Å². The number of hydrogen-bond donors (Lipinski definition) is 1. The van der Waals surface area contributed by atoms with Crippen molar-refractivity contribution in [2.75, 3.05) is 38.5 Å². The second kappa shape index (κ2) is 5.46. The Kier molecular flexibility index (Phi) is 3.35. The van der Waals surface area contributed by atoms with Crippen LogP contribution in [-0.2, 0) is 0 Å². The minimum absolute atomic E-state index is 0. The molecule has 4 aliphatic rings. The van der Waals surface area contributed by atoms with Gasteiger partial charge in [0.15, 0.2) is 0 Å². The first-order valence-corrected chi connectivity index (χ1v) is 9.81. The molecule has 0 radical (unpaired) electrons. The largest absolute Gasteiger partial charge is 0.353 e. The van der Waals surface area contributed by atoms with Crippen LogP contribution < -0.4 is 5.32 Å². The Morgan fingerprint density at radius 2 is 2.12 bits per heavy atom. The van der Waals surface area contributed by atoms with Gasteiger partial charge in [-0.25, -0.2) is 4.99 Å². The van der Waals surface area contributed by atoms with E-state index in [0.717, 1.165) is 37.8 Å². The molecule has 2 aliphatic heterocycles. The lowest BCUT2D eigenvalue weighted by Gasteiger charge is -2.34. The van der Waals surface area contributed by atoms with E-state index >= 15 is 0 Å². The maximum absolute atomic E-state index is 5.20.